The number of amides is 1. The number of nitrogens with zero attached hydrogens (tertiary/aromatic N) is 1. The highest BCUT2D eigenvalue weighted by molar-refractivity contribution is 6.02. The number of halogens is 3. The zero-order valence-corrected chi connectivity index (χ0v) is 13.4. The molecule has 2 atom stereocenters. The van der Waals surface area contributed by atoms with Crippen LogP contribution in [0.3, 0.4) is 0 Å². The molecule has 1 fully saturated rings. The number of rotatable bonds is 3. The maximum absolute atomic E-state index is 13.0. The van der Waals surface area contributed by atoms with Gasteiger partial charge in [-0.1, -0.05) is 38.0 Å². The summed E-state index contributed by atoms with van der Waals surface area (Å²) < 4.78 is 39.0. The normalized spacial score (nSPS) is 21.9. The van der Waals surface area contributed by atoms with E-state index in [-0.39, 0.29) is 17.2 Å². The zero-order chi connectivity index (χ0) is 17.7. The van der Waals surface area contributed by atoms with Crippen LogP contribution in [0, 0.1) is 17.2 Å². The van der Waals surface area contributed by atoms with Crippen molar-refractivity contribution in [1.29, 1.82) is 5.26 Å². The van der Waals surface area contributed by atoms with E-state index in [0.29, 0.717) is 5.92 Å². The van der Waals surface area contributed by atoms with E-state index in [2.05, 4.69) is 5.32 Å². The summed E-state index contributed by atoms with van der Waals surface area (Å²) in [5.74, 6) is -0.321. The van der Waals surface area contributed by atoms with Gasteiger partial charge in [0.25, 0.3) is 5.91 Å². The van der Waals surface area contributed by atoms with Gasteiger partial charge in [-0.25, -0.2) is 0 Å². The lowest BCUT2D eigenvalue weighted by atomic mass is 9.86. The molecule has 1 aliphatic rings. The summed E-state index contributed by atoms with van der Waals surface area (Å²) in [5, 5.41) is 12.0. The minimum Gasteiger partial charge on any atom is -0.348 e. The quantitative estimate of drug-likeness (QED) is 0.661. The molecule has 0 aliphatic heterocycles. The SMILES string of the molecule is C[C@@H]1CCCC[C@@H]1NC(=O)/C(C#N)=C/c1ccccc1C(F)(F)F. The van der Waals surface area contributed by atoms with Crippen LogP contribution in [0.5, 0.6) is 0 Å². The number of nitrogens with one attached hydrogen (secondary N) is 1. The van der Waals surface area contributed by atoms with E-state index in [9.17, 15) is 23.2 Å². The third-order valence-electron chi connectivity index (χ3n) is 4.36. The summed E-state index contributed by atoms with van der Waals surface area (Å²) in [6.45, 7) is 2.03. The van der Waals surface area contributed by atoms with Gasteiger partial charge in [0.15, 0.2) is 0 Å². The lowest BCUT2D eigenvalue weighted by Crippen LogP contribution is -2.41. The van der Waals surface area contributed by atoms with Crippen molar-refractivity contribution >= 4 is 12.0 Å². The molecule has 128 valence electrons. The van der Waals surface area contributed by atoms with E-state index >= 15 is 0 Å². The van der Waals surface area contributed by atoms with Crippen LogP contribution in [0.15, 0.2) is 29.8 Å². The number of nitriles is 1. The Labute approximate surface area is 139 Å². The first-order valence-electron chi connectivity index (χ1n) is 7.92. The summed E-state index contributed by atoms with van der Waals surface area (Å²) in [5.41, 5.74) is -1.37. The Hall–Kier alpha value is -2.29. The molecule has 0 saturated heterocycles. The van der Waals surface area contributed by atoms with Crippen LogP contribution in [0.4, 0.5) is 13.2 Å². The molecule has 1 aliphatic carbocycles. The third kappa shape index (κ3) is 4.38. The number of hydrogen-bond donors (Lipinski definition) is 1. The summed E-state index contributed by atoms with van der Waals surface area (Å²) in [6, 6.07) is 6.57. The van der Waals surface area contributed by atoms with Crippen LogP contribution < -0.4 is 5.32 Å². The number of carbonyl (C=O) groups excluding carboxylic acids is 1. The van der Waals surface area contributed by atoms with E-state index in [1.165, 1.54) is 18.2 Å². The van der Waals surface area contributed by atoms with Gasteiger partial charge in [-0.15, -0.1) is 0 Å². The van der Waals surface area contributed by atoms with Gasteiger partial charge in [0, 0.05) is 6.04 Å². The Kier molecular flexibility index (Phi) is 5.66. The maximum atomic E-state index is 13.0. The molecule has 0 spiro atoms. The lowest BCUT2D eigenvalue weighted by molar-refractivity contribution is -0.137. The molecule has 1 amide bonds. The second-order valence-electron chi connectivity index (χ2n) is 6.10. The van der Waals surface area contributed by atoms with E-state index in [1.807, 2.05) is 6.92 Å². The second-order valence-corrected chi connectivity index (χ2v) is 6.10. The number of benzene rings is 1. The molecule has 0 unspecified atom stereocenters. The highest BCUT2D eigenvalue weighted by Gasteiger charge is 2.33. The summed E-state index contributed by atoms with van der Waals surface area (Å²) in [6.07, 6.45) is 0.386. The van der Waals surface area contributed by atoms with Crippen LogP contribution in [-0.4, -0.2) is 11.9 Å². The van der Waals surface area contributed by atoms with Gasteiger partial charge in [-0.2, -0.15) is 18.4 Å². The molecule has 1 N–H and O–H groups in total. The molecule has 1 aromatic carbocycles. The Morgan fingerprint density at radius 2 is 1.96 bits per heavy atom. The summed E-state index contributed by atoms with van der Waals surface area (Å²) >= 11 is 0. The molecular formula is C18H19F3N2O. The van der Waals surface area contributed by atoms with Gasteiger partial charge in [0.05, 0.1) is 5.56 Å². The van der Waals surface area contributed by atoms with Crippen LogP contribution in [0.2, 0.25) is 0 Å². The summed E-state index contributed by atoms with van der Waals surface area (Å²) in [7, 11) is 0. The van der Waals surface area contributed by atoms with Gasteiger partial charge in [-0.05, 0) is 36.5 Å². The first kappa shape index (κ1) is 18.1. The number of hydrogen-bond acceptors (Lipinski definition) is 2. The molecule has 0 radical (unpaired) electrons. The Balaban J connectivity index is 2.24. The van der Waals surface area contributed by atoms with Crippen molar-refractivity contribution in [2.45, 2.75) is 44.8 Å². The van der Waals surface area contributed by atoms with Gasteiger partial charge >= 0.3 is 6.18 Å². The van der Waals surface area contributed by atoms with E-state index < -0.39 is 17.6 Å². The van der Waals surface area contributed by atoms with Gasteiger partial charge in [0.2, 0.25) is 0 Å². The molecule has 2 rings (SSSR count). The highest BCUT2D eigenvalue weighted by Crippen LogP contribution is 2.33. The van der Waals surface area contributed by atoms with Gasteiger partial charge in [0.1, 0.15) is 11.6 Å². The van der Waals surface area contributed by atoms with Crippen LogP contribution in [0.1, 0.15) is 43.7 Å². The minimum atomic E-state index is -4.54. The molecule has 1 saturated carbocycles. The van der Waals surface area contributed by atoms with Crippen LogP contribution in [0.25, 0.3) is 6.08 Å². The van der Waals surface area contributed by atoms with Crippen molar-refractivity contribution in [2.24, 2.45) is 5.92 Å². The Morgan fingerprint density at radius 3 is 2.58 bits per heavy atom. The average molecular weight is 336 g/mol. The molecular weight excluding hydrogens is 317 g/mol. The zero-order valence-electron chi connectivity index (χ0n) is 13.4. The van der Waals surface area contributed by atoms with E-state index in [4.69, 9.17) is 0 Å². The third-order valence-corrected chi connectivity index (χ3v) is 4.36. The van der Waals surface area contributed by atoms with Crippen LogP contribution in [-0.2, 0) is 11.0 Å². The van der Waals surface area contributed by atoms with Crippen molar-refractivity contribution < 1.29 is 18.0 Å². The summed E-state index contributed by atoms with van der Waals surface area (Å²) in [4.78, 5) is 12.3. The van der Waals surface area contributed by atoms with Crippen molar-refractivity contribution in [1.82, 2.24) is 5.32 Å². The largest absolute Gasteiger partial charge is 0.416 e. The van der Waals surface area contributed by atoms with Crippen molar-refractivity contribution in [3.63, 3.8) is 0 Å². The second kappa shape index (κ2) is 7.52. The molecule has 24 heavy (non-hydrogen) atoms. The Bertz CT molecular complexity index is 674. The fourth-order valence-corrected chi connectivity index (χ4v) is 2.96. The molecule has 1 aromatic rings. The number of alkyl halides is 3. The standard InChI is InChI=1S/C18H19F3N2O/c1-12-6-2-5-9-16(12)23-17(24)14(11-22)10-13-7-3-4-8-15(13)18(19,20)21/h3-4,7-8,10,12,16H,2,5-6,9H2,1H3,(H,23,24)/b14-10+/t12-,16+/m1/s1. The molecule has 3 nitrogen and oxygen atoms in total. The van der Waals surface area contributed by atoms with E-state index in [0.717, 1.165) is 37.8 Å². The average Bonchev–Trinajstić information content (AvgIpc) is 2.54. The number of carbonyl (C=O) groups is 1. The fraction of sp³-hybridized carbons (Fsp3) is 0.444. The van der Waals surface area contributed by atoms with Gasteiger partial charge < -0.3 is 5.32 Å². The van der Waals surface area contributed by atoms with Gasteiger partial charge in [-0.3, -0.25) is 4.79 Å². The smallest absolute Gasteiger partial charge is 0.348 e. The Morgan fingerprint density at radius 1 is 1.29 bits per heavy atom. The van der Waals surface area contributed by atoms with Crippen molar-refractivity contribution in [3.05, 3.63) is 41.0 Å². The molecule has 0 bridgehead atoms. The van der Waals surface area contributed by atoms with E-state index in [1.54, 1.807) is 6.07 Å². The fourth-order valence-electron chi connectivity index (χ4n) is 2.96. The van der Waals surface area contributed by atoms with Crippen molar-refractivity contribution in [3.8, 4) is 6.07 Å². The molecule has 0 heterocycles. The topological polar surface area (TPSA) is 52.9 Å². The van der Waals surface area contributed by atoms with Crippen LogP contribution >= 0.6 is 0 Å². The lowest BCUT2D eigenvalue weighted by Gasteiger charge is -2.29. The van der Waals surface area contributed by atoms with Crippen molar-refractivity contribution in [2.75, 3.05) is 0 Å². The first-order valence-corrected chi connectivity index (χ1v) is 7.92. The predicted molar refractivity (Wildman–Crippen MR) is 84.6 cm³/mol. The monoisotopic (exact) mass is 336 g/mol. The molecule has 6 heteroatoms. The highest BCUT2D eigenvalue weighted by atomic mass is 19.4. The first-order chi connectivity index (χ1) is 11.3. The predicted octanol–water partition coefficient (Wildman–Crippen LogP) is 4.31. The molecule has 0 aromatic heterocycles. The minimum absolute atomic E-state index is 0.0409. The maximum Gasteiger partial charge on any atom is 0.416 e.